The summed E-state index contributed by atoms with van der Waals surface area (Å²) in [5.74, 6) is 0. The van der Waals surface area contributed by atoms with Crippen LogP contribution in [0.25, 0.3) is 22.1 Å². The molecule has 0 aromatic carbocycles. The first kappa shape index (κ1) is 18.9. The Labute approximate surface area is 165 Å². The highest BCUT2D eigenvalue weighted by Crippen LogP contribution is 2.21. The number of nitrogens with one attached hydrogen (secondary N) is 1. The van der Waals surface area contributed by atoms with Crippen molar-refractivity contribution >= 4 is 61.5 Å². The molecule has 0 aliphatic rings. The number of aryl methyl sites for hydroxylation is 2. The average Bonchev–Trinajstić information content (AvgIpc) is 3.10. The Morgan fingerprint density at radius 2 is 1.58 bits per heavy atom. The molecule has 26 heavy (non-hydrogen) atoms. The lowest BCUT2D eigenvalue weighted by atomic mass is 10.4. The molecular formula is C14H15BrN8OS2. The number of halogens is 1. The van der Waals surface area contributed by atoms with Crippen LogP contribution < -0.4 is 5.56 Å². The maximum absolute atomic E-state index is 11.2. The molecule has 0 fully saturated rings. The van der Waals surface area contributed by atoms with E-state index >= 15 is 0 Å². The van der Waals surface area contributed by atoms with Crippen molar-refractivity contribution in [3.63, 3.8) is 0 Å². The van der Waals surface area contributed by atoms with Gasteiger partial charge in [-0.1, -0.05) is 23.5 Å². The van der Waals surface area contributed by atoms with E-state index in [4.69, 9.17) is 0 Å². The molecule has 0 aliphatic heterocycles. The van der Waals surface area contributed by atoms with E-state index in [9.17, 15) is 4.79 Å². The molecule has 4 heterocycles. The second kappa shape index (κ2) is 7.76. The zero-order valence-electron chi connectivity index (χ0n) is 14.4. The van der Waals surface area contributed by atoms with Crippen LogP contribution in [-0.4, -0.2) is 52.0 Å². The van der Waals surface area contributed by atoms with Gasteiger partial charge in [-0.25, -0.2) is 24.6 Å². The summed E-state index contributed by atoms with van der Waals surface area (Å²) in [6.07, 6.45) is 7.18. The molecule has 0 saturated heterocycles. The minimum Gasteiger partial charge on any atom is -0.270 e. The lowest BCUT2D eigenvalue weighted by Gasteiger charge is -1.95. The molecule has 12 heteroatoms. The summed E-state index contributed by atoms with van der Waals surface area (Å²) in [7, 11) is 3.62. The van der Waals surface area contributed by atoms with Gasteiger partial charge in [0, 0.05) is 26.5 Å². The second-order valence-corrected chi connectivity index (χ2v) is 7.40. The minimum atomic E-state index is -0.148. The molecule has 136 valence electrons. The predicted molar refractivity (Wildman–Crippen MR) is 107 cm³/mol. The Morgan fingerprint density at radius 1 is 1.00 bits per heavy atom. The highest BCUT2D eigenvalue weighted by atomic mass is 79.9. The maximum Gasteiger partial charge on any atom is 0.275 e. The molecule has 4 rings (SSSR count). The van der Waals surface area contributed by atoms with Gasteiger partial charge in [-0.05, 0) is 28.4 Å². The Morgan fingerprint density at radius 3 is 2.19 bits per heavy atom. The van der Waals surface area contributed by atoms with Gasteiger partial charge in [-0.3, -0.25) is 14.6 Å². The highest BCUT2D eigenvalue weighted by molar-refractivity contribution is 9.10. The van der Waals surface area contributed by atoms with Crippen molar-refractivity contribution in [2.45, 2.75) is 10.3 Å². The number of rotatable bonds is 2. The minimum absolute atomic E-state index is 0.148. The van der Waals surface area contributed by atoms with Crippen LogP contribution in [0.4, 0.5) is 0 Å². The molecule has 4 aromatic heterocycles. The Bertz CT molecular complexity index is 1140. The van der Waals surface area contributed by atoms with Crippen LogP contribution in [0.2, 0.25) is 0 Å². The van der Waals surface area contributed by atoms with Gasteiger partial charge in [0.1, 0.15) is 9.99 Å². The van der Waals surface area contributed by atoms with Crippen molar-refractivity contribution in [2.75, 3.05) is 12.5 Å². The Balaban J connectivity index is 0.000000151. The predicted octanol–water partition coefficient (Wildman–Crippen LogP) is 2.23. The molecule has 0 atom stereocenters. The fraction of sp³-hybridized carbons (Fsp3) is 0.286. The van der Waals surface area contributed by atoms with Gasteiger partial charge >= 0.3 is 0 Å². The summed E-state index contributed by atoms with van der Waals surface area (Å²) >= 11 is 6.32. The van der Waals surface area contributed by atoms with Gasteiger partial charge in [0.2, 0.25) is 0 Å². The highest BCUT2D eigenvalue weighted by Gasteiger charge is 2.08. The van der Waals surface area contributed by atoms with Gasteiger partial charge in [-0.15, -0.1) is 0 Å². The zero-order chi connectivity index (χ0) is 18.8. The third kappa shape index (κ3) is 3.62. The van der Waals surface area contributed by atoms with Crippen LogP contribution in [0.5, 0.6) is 0 Å². The summed E-state index contributed by atoms with van der Waals surface area (Å²) in [6, 6.07) is 0. The van der Waals surface area contributed by atoms with E-state index in [1.807, 2.05) is 19.6 Å². The number of fused-ring (bicyclic) bond motifs is 2. The monoisotopic (exact) mass is 454 g/mol. The number of nitrogens with zero attached hydrogens (tertiary/aromatic N) is 7. The van der Waals surface area contributed by atoms with E-state index in [0.717, 1.165) is 20.8 Å². The van der Waals surface area contributed by atoms with Crippen molar-refractivity contribution < 1.29 is 0 Å². The largest absolute Gasteiger partial charge is 0.275 e. The molecule has 0 unspecified atom stereocenters. The molecule has 0 bridgehead atoms. The fourth-order valence-electron chi connectivity index (χ4n) is 2.22. The van der Waals surface area contributed by atoms with Crippen molar-refractivity contribution in [1.82, 2.24) is 39.5 Å². The van der Waals surface area contributed by atoms with Crippen molar-refractivity contribution in [3.05, 3.63) is 27.4 Å². The van der Waals surface area contributed by atoms with Gasteiger partial charge in [0.05, 0.1) is 5.39 Å². The molecule has 0 aliphatic carbocycles. The van der Waals surface area contributed by atoms with Gasteiger partial charge in [-0.2, -0.15) is 5.10 Å². The van der Waals surface area contributed by atoms with E-state index in [2.05, 4.69) is 46.1 Å². The summed E-state index contributed by atoms with van der Waals surface area (Å²) in [6.45, 7) is 0. The third-order valence-corrected chi connectivity index (χ3v) is 5.17. The molecule has 0 saturated carbocycles. The average molecular weight is 455 g/mol. The van der Waals surface area contributed by atoms with Crippen molar-refractivity contribution in [3.8, 4) is 0 Å². The molecule has 0 amide bonds. The quantitative estimate of drug-likeness (QED) is 0.362. The molecule has 0 spiro atoms. The fourth-order valence-corrected chi connectivity index (χ4v) is 3.41. The molecular weight excluding hydrogens is 440 g/mol. The van der Waals surface area contributed by atoms with Crippen LogP contribution in [-0.2, 0) is 14.1 Å². The van der Waals surface area contributed by atoms with Crippen molar-refractivity contribution in [2.24, 2.45) is 14.1 Å². The van der Waals surface area contributed by atoms with Gasteiger partial charge in [0.25, 0.3) is 5.56 Å². The maximum atomic E-state index is 11.2. The molecule has 4 aromatic rings. The first-order valence-corrected chi connectivity index (χ1v) is 10.5. The Kier molecular flexibility index (Phi) is 5.63. The summed E-state index contributed by atoms with van der Waals surface area (Å²) < 4.78 is 4.12. The number of aromatic amines is 1. The summed E-state index contributed by atoms with van der Waals surface area (Å²) in [5.41, 5.74) is 1.35. The topological polar surface area (TPSA) is 107 Å². The lowest BCUT2D eigenvalue weighted by molar-refractivity contribution is 0.767. The van der Waals surface area contributed by atoms with Crippen molar-refractivity contribution in [1.29, 1.82) is 0 Å². The first-order valence-electron chi connectivity index (χ1n) is 7.29. The van der Waals surface area contributed by atoms with Gasteiger partial charge in [0.15, 0.2) is 21.6 Å². The van der Waals surface area contributed by atoms with Crippen LogP contribution in [0, 0.1) is 0 Å². The van der Waals surface area contributed by atoms with E-state index in [-0.39, 0.29) is 5.56 Å². The van der Waals surface area contributed by atoms with Crippen LogP contribution in [0.15, 0.2) is 32.1 Å². The van der Waals surface area contributed by atoms with E-state index in [1.54, 1.807) is 28.8 Å². The van der Waals surface area contributed by atoms with E-state index in [0.29, 0.717) is 16.2 Å². The molecule has 0 radical (unpaired) electrons. The summed E-state index contributed by atoms with van der Waals surface area (Å²) in [5, 5.41) is 9.71. The zero-order valence-corrected chi connectivity index (χ0v) is 17.6. The standard InChI is InChI=1S/C7H7BrN4S.C7H8N4OS/c1-12-6-4(5(8)11-12)3-9-7(10-6)13-2;1-11-5-4(6(12)10-11)3-8-7(9-5)13-2/h3H,1-2H3;3H,1-2H3,(H,10,12). The number of H-pyrrole nitrogens is 1. The first-order chi connectivity index (χ1) is 12.4. The number of hydrogen-bond donors (Lipinski definition) is 1. The Hall–Kier alpha value is -1.92. The van der Waals surface area contributed by atoms with Crippen LogP contribution in [0.1, 0.15) is 0 Å². The van der Waals surface area contributed by atoms with Crippen LogP contribution >= 0.6 is 39.5 Å². The smallest absolute Gasteiger partial charge is 0.270 e. The SMILES string of the molecule is CSc1ncc2c(=O)[nH]n(C)c2n1.CSc1ncc2c(Br)nn(C)c2n1. The number of hydrogen-bond acceptors (Lipinski definition) is 8. The summed E-state index contributed by atoms with van der Waals surface area (Å²) in [4.78, 5) is 28.0. The van der Waals surface area contributed by atoms with Gasteiger partial charge < -0.3 is 0 Å². The van der Waals surface area contributed by atoms with E-state index < -0.39 is 0 Å². The van der Waals surface area contributed by atoms with E-state index in [1.165, 1.54) is 23.5 Å². The van der Waals surface area contributed by atoms with Crippen LogP contribution in [0.3, 0.4) is 0 Å². The lowest BCUT2D eigenvalue weighted by Crippen LogP contribution is -2.01. The number of aromatic nitrogens is 8. The molecule has 1 N–H and O–H groups in total. The normalized spacial score (nSPS) is 11.0. The molecule has 9 nitrogen and oxygen atoms in total. The second-order valence-electron chi connectivity index (χ2n) is 5.10. The third-order valence-electron chi connectivity index (χ3n) is 3.46. The number of thioether (sulfide) groups is 2.